The molecule has 0 heterocycles. The van der Waals surface area contributed by atoms with Crippen LogP contribution < -0.4 is 0 Å². The summed E-state index contributed by atoms with van der Waals surface area (Å²) in [5, 5.41) is 9.86. The number of aliphatic hydroxyl groups is 1. The van der Waals surface area contributed by atoms with Gasteiger partial charge >= 0.3 is 25.7 Å². The predicted octanol–water partition coefficient (Wildman–Crippen LogP) is 20.0. The topological polar surface area (TPSA) is 155 Å². The lowest BCUT2D eigenvalue weighted by Crippen LogP contribution is -2.30. The number of carbonyl (C=O) groups is 3. The summed E-state index contributed by atoms with van der Waals surface area (Å²) in [6.45, 7) is 4.52. The van der Waals surface area contributed by atoms with E-state index in [9.17, 15) is 28.9 Å². The van der Waals surface area contributed by atoms with Crippen LogP contribution in [-0.4, -0.2) is 66.5 Å². The van der Waals surface area contributed by atoms with Crippen molar-refractivity contribution in [1.29, 1.82) is 0 Å². The molecular formula is C68H121O11P. The number of hydrogen-bond acceptors (Lipinski definition) is 10. The lowest BCUT2D eigenvalue weighted by atomic mass is 10.0. The van der Waals surface area contributed by atoms with Crippen LogP contribution in [0, 0.1) is 0 Å². The molecule has 0 amide bonds. The number of allylic oxidation sites excluding steroid dienone is 12. The Bertz CT molecular complexity index is 1620. The molecule has 0 spiro atoms. The van der Waals surface area contributed by atoms with Crippen molar-refractivity contribution in [2.75, 3.05) is 26.4 Å². The highest BCUT2D eigenvalue weighted by Crippen LogP contribution is 2.43. The van der Waals surface area contributed by atoms with Gasteiger partial charge in [-0.25, -0.2) is 4.57 Å². The highest BCUT2D eigenvalue weighted by Gasteiger charge is 2.28. The van der Waals surface area contributed by atoms with E-state index in [0.29, 0.717) is 25.7 Å². The van der Waals surface area contributed by atoms with E-state index < -0.39 is 57.8 Å². The first-order valence-corrected chi connectivity index (χ1v) is 34.3. The molecule has 464 valence electrons. The molecule has 11 nitrogen and oxygen atoms in total. The summed E-state index contributed by atoms with van der Waals surface area (Å²) in [4.78, 5) is 48.8. The molecule has 0 radical (unpaired) electrons. The summed E-state index contributed by atoms with van der Waals surface area (Å²) < 4.78 is 39.7. The number of phosphoric ester groups is 1. The van der Waals surface area contributed by atoms with Crippen molar-refractivity contribution in [2.24, 2.45) is 0 Å². The molecule has 0 aromatic rings. The third kappa shape index (κ3) is 59.5. The van der Waals surface area contributed by atoms with Crippen LogP contribution in [0.3, 0.4) is 0 Å². The number of unbranched alkanes of at least 4 members (excludes halogenated alkanes) is 32. The molecule has 0 aliphatic rings. The molecule has 0 aromatic heterocycles. The Morgan fingerprint density at radius 1 is 0.362 bits per heavy atom. The first-order chi connectivity index (χ1) is 39.2. The van der Waals surface area contributed by atoms with Crippen LogP contribution >= 0.6 is 7.82 Å². The Morgan fingerprint density at radius 3 is 1.06 bits per heavy atom. The number of aliphatic hydroxyl groups excluding tert-OH is 1. The Balaban J connectivity index is 4.73. The van der Waals surface area contributed by atoms with Gasteiger partial charge in [-0.2, -0.15) is 0 Å². The van der Waals surface area contributed by atoms with Crippen LogP contribution in [0.2, 0.25) is 0 Å². The number of carbonyl (C=O) groups excluding carboxylic acids is 3. The van der Waals surface area contributed by atoms with Crippen molar-refractivity contribution in [1.82, 2.24) is 0 Å². The molecule has 0 aromatic carbocycles. The molecule has 80 heavy (non-hydrogen) atoms. The second-order valence-corrected chi connectivity index (χ2v) is 23.4. The van der Waals surface area contributed by atoms with Gasteiger partial charge in [0.2, 0.25) is 0 Å². The summed E-state index contributed by atoms with van der Waals surface area (Å²) in [7, 11) is -4.77. The highest BCUT2D eigenvalue weighted by molar-refractivity contribution is 7.47. The lowest BCUT2D eigenvalue weighted by molar-refractivity contribution is -0.161. The fraction of sp³-hybridized carbons (Fsp3) is 0.779. The van der Waals surface area contributed by atoms with Gasteiger partial charge < -0.3 is 24.2 Å². The Morgan fingerprint density at radius 2 is 0.662 bits per heavy atom. The van der Waals surface area contributed by atoms with E-state index in [1.165, 1.54) is 167 Å². The van der Waals surface area contributed by atoms with Crippen molar-refractivity contribution < 1.29 is 52.2 Å². The number of esters is 3. The van der Waals surface area contributed by atoms with Gasteiger partial charge in [-0.3, -0.25) is 23.4 Å². The molecular weight excluding hydrogens is 1020 g/mol. The van der Waals surface area contributed by atoms with Crippen molar-refractivity contribution in [3.8, 4) is 0 Å². The van der Waals surface area contributed by atoms with Gasteiger partial charge in [0, 0.05) is 19.3 Å². The normalized spacial score (nSPS) is 13.7. The largest absolute Gasteiger partial charge is 0.472 e. The van der Waals surface area contributed by atoms with Gasteiger partial charge in [0.05, 0.1) is 19.8 Å². The SMILES string of the molecule is CC/C=C\C/C=C\C/C=C\C/C=C\C/C=C\CCCC(=O)OC(COC(=O)CCCCCCCCCCC/C=C\CCCCCCCC)COP(=O)(O)OCC(CO)OC(=O)CCCCCCCCCCCCCCCCCCC. The number of rotatable bonds is 61. The van der Waals surface area contributed by atoms with E-state index in [1.807, 2.05) is 6.08 Å². The summed E-state index contributed by atoms with van der Waals surface area (Å²) in [5.74, 6) is -1.52. The van der Waals surface area contributed by atoms with Crippen molar-refractivity contribution in [2.45, 2.75) is 315 Å². The lowest BCUT2D eigenvalue weighted by Gasteiger charge is -2.21. The minimum absolute atomic E-state index is 0.0891. The summed E-state index contributed by atoms with van der Waals surface area (Å²) >= 11 is 0. The Hall–Kier alpha value is -3.08. The van der Waals surface area contributed by atoms with Crippen molar-refractivity contribution >= 4 is 25.7 Å². The van der Waals surface area contributed by atoms with E-state index in [2.05, 4.69) is 87.6 Å². The zero-order valence-electron chi connectivity index (χ0n) is 51.5. The van der Waals surface area contributed by atoms with E-state index >= 15 is 0 Å². The Kier molecular flexibility index (Phi) is 59.6. The van der Waals surface area contributed by atoms with E-state index in [-0.39, 0.29) is 25.9 Å². The molecule has 0 fully saturated rings. The first kappa shape index (κ1) is 76.9. The van der Waals surface area contributed by atoms with Crippen LogP contribution in [0.15, 0.2) is 72.9 Å². The number of phosphoric acid groups is 1. The molecule has 3 unspecified atom stereocenters. The Labute approximate surface area is 490 Å². The predicted molar refractivity (Wildman–Crippen MR) is 335 cm³/mol. The summed E-state index contributed by atoms with van der Waals surface area (Å²) in [6, 6.07) is 0. The van der Waals surface area contributed by atoms with Gasteiger partial charge in [0.25, 0.3) is 0 Å². The molecule has 12 heteroatoms. The second-order valence-electron chi connectivity index (χ2n) is 21.9. The van der Waals surface area contributed by atoms with Crippen LogP contribution in [0.25, 0.3) is 0 Å². The van der Waals surface area contributed by atoms with E-state index in [4.69, 9.17) is 23.3 Å². The minimum Gasteiger partial charge on any atom is -0.462 e. The third-order valence-electron chi connectivity index (χ3n) is 14.1. The third-order valence-corrected chi connectivity index (χ3v) is 15.1. The minimum atomic E-state index is -4.77. The fourth-order valence-corrected chi connectivity index (χ4v) is 9.94. The van der Waals surface area contributed by atoms with Gasteiger partial charge in [-0.1, -0.05) is 273 Å². The molecule has 0 rings (SSSR count). The van der Waals surface area contributed by atoms with Gasteiger partial charge in [0.15, 0.2) is 6.10 Å². The van der Waals surface area contributed by atoms with Crippen LogP contribution in [0.4, 0.5) is 0 Å². The van der Waals surface area contributed by atoms with Crippen LogP contribution in [0.1, 0.15) is 303 Å². The molecule has 0 bridgehead atoms. The maximum atomic E-state index is 13.0. The highest BCUT2D eigenvalue weighted by atomic mass is 31.2. The smallest absolute Gasteiger partial charge is 0.462 e. The number of hydrogen-bond donors (Lipinski definition) is 2. The van der Waals surface area contributed by atoms with Gasteiger partial charge in [-0.05, 0) is 83.5 Å². The average molecular weight is 1150 g/mol. The zero-order chi connectivity index (χ0) is 58.3. The monoisotopic (exact) mass is 1140 g/mol. The molecule has 2 N–H and O–H groups in total. The zero-order valence-corrected chi connectivity index (χ0v) is 52.4. The first-order valence-electron chi connectivity index (χ1n) is 32.8. The fourth-order valence-electron chi connectivity index (χ4n) is 9.15. The van der Waals surface area contributed by atoms with Gasteiger partial charge in [0.1, 0.15) is 12.7 Å². The molecule has 3 atom stereocenters. The average Bonchev–Trinajstić information content (AvgIpc) is 3.45. The van der Waals surface area contributed by atoms with Crippen molar-refractivity contribution in [3.05, 3.63) is 72.9 Å². The molecule has 0 aliphatic carbocycles. The van der Waals surface area contributed by atoms with Gasteiger partial charge in [-0.15, -0.1) is 0 Å². The summed E-state index contributed by atoms with van der Waals surface area (Å²) in [5.41, 5.74) is 0. The second kappa shape index (κ2) is 62.0. The van der Waals surface area contributed by atoms with E-state index in [1.54, 1.807) is 0 Å². The molecule has 0 aliphatic heterocycles. The van der Waals surface area contributed by atoms with Crippen molar-refractivity contribution in [3.63, 3.8) is 0 Å². The molecule has 0 saturated carbocycles. The standard InChI is InChI=1S/C68H121O11P/c1-4-7-10-13-16-19-22-25-28-31-32-35-36-39-42-45-48-51-54-57-66(70)75-61-65(79-68(72)59-56-53-50-47-44-41-38-34-30-27-24-21-18-15-12-9-6-3)63-77-80(73,74)76-62-64(60-69)78-67(71)58-55-52-49-46-43-40-37-33-29-26-23-20-17-14-11-8-5-2/h9,12,18,21,25,27-28,30,38,41,47,50,64-65,69H,4-8,10-11,13-17,19-20,22-24,26,29,31-37,39-40,42-46,48-49,51-63H2,1-3H3,(H,73,74)/b12-9-,21-18-,28-25-,30-27-,41-38-,50-47-. The maximum Gasteiger partial charge on any atom is 0.472 e. The maximum absolute atomic E-state index is 13.0. The van der Waals surface area contributed by atoms with Crippen LogP contribution in [0.5, 0.6) is 0 Å². The van der Waals surface area contributed by atoms with Crippen LogP contribution in [-0.2, 0) is 42.2 Å². The quantitative estimate of drug-likeness (QED) is 0.0197. The molecule has 0 saturated heterocycles. The number of ether oxygens (including phenoxy) is 3. The summed E-state index contributed by atoms with van der Waals surface area (Å²) in [6.07, 6.45) is 71.5. The van der Waals surface area contributed by atoms with E-state index in [0.717, 1.165) is 70.6 Å².